The maximum atomic E-state index is 11.1. The molecule has 0 aromatic carbocycles. The Morgan fingerprint density at radius 1 is 0.269 bits per heavy atom. The largest absolute Gasteiger partial charge is 0.437 e. The quantitative estimate of drug-likeness (QED) is 0.0195. The molecule has 0 bridgehead atoms. The lowest BCUT2D eigenvalue weighted by Crippen LogP contribution is -2.31. The third-order valence-corrected chi connectivity index (χ3v) is 15.8. The van der Waals surface area contributed by atoms with Gasteiger partial charge in [-0.2, -0.15) is 0 Å². The van der Waals surface area contributed by atoms with Gasteiger partial charge in [0.15, 0.2) is 0 Å². The van der Waals surface area contributed by atoms with Crippen LogP contribution in [0.1, 0.15) is 437 Å². The van der Waals surface area contributed by atoms with Gasteiger partial charge >= 0.3 is 7.05 Å². The van der Waals surface area contributed by atoms with Gasteiger partial charge in [0.1, 0.15) is 17.3 Å². The minimum Gasteiger partial charge on any atom is -0.437 e. The molecule has 0 unspecified atom stereocenters. The van der Waals surface area contributed by atoms with Gasteiger partial charge in [-0.25, -0.2) is 0 Å². The van der Waals surface area contributed by atoms with Gasteiger partial charge in [0.2, 0.25) is 23.6 Å². The number of carbonyl (C=O) groups excluding carboxylic acids is 7. The van der Waals surface area contributed by atoms with Crippen LogP contribution < -0.4 is 26.5 Å². The van der Waals surface area contributed by atoms with Crippen molar-refractivity contribution in [3.05, 3.63) is 63.3 Å². The van der Waals surface area contributed by atoms with Crippen LogP contribution >= 0.6 is 0 Å². The zero-order chi connectivity index (χ0) is 80.7. The van der Waals surface area contributed by atoms with Gasteiger partial charge in [0.05, 0.1) is 0 Å². The van der Waals surface area contributed by atoms with Crippen molar-refractivity contribution in [2.24, 2.45) is 0 Å². The smallest absolute Gasteiger partial charge is 0.373 e. The van der Waals surface area contributed by atoms with E-state index < -0.39 is 0 Å². The summed E-state index contributed by atoms with van der Waals surface area (Å²) in [6.07, 6.45) is 71.8. The molecule has 0 saturated carbocycles. The van der Waals surface area contributed by atoms with Gasteiger partial charge in [-0.05, 0) is 149 Å². The minimum atomic E-state index is -0.380. The number of ketones is 3. The molecule has 6 N–H and O–H groups in total. The molecule has 0 aliphatic heterocycles. The molecule has 618 valence electrons. The van der Waals surface area contributed by atoms with Crippen molar-refractivity contribution < 1.29 is 38.6 Å². The Morgan fingerprint density at radius 3 is 0.788 bits per heavy atom. The molecule has 14 heteroatoms. The summed E-state index contributed by atoms with van der Waals surface area (Å²) in [6, 6.07) is 0. The van der Waals surface area contributed by atoms with Gasteiger partial charge < -0.3 is 36.3 Å². The van der Waals surface area contributed by atoms with Crippen molar-refractivity contribution in [3.8, 4) is 0 Å². The van der Waals surface area contributed by atoms with Crippen LogP contribution in [0.3, 0.4) is 0 Å². The number of hydrogen-bond donors (Lipinski definition) is 6. The molecule has 0 atom stereocenters. The molecule has 0 radical (unpaired) electrons. The molecule has 0 spiro atoms. The summed E-state index contributed by atoms with van der Waals surface area (Å²) in [5.74, 6) is 1.60. The van der Waals surface area contributed by atoms with Gasteiger partial charge in [-0.3, -0.25) is 28.8 Å². The van der Waals surface area contributed by atoms with Gasteiger partial charge in [-0.1, -0.05) is 273 Å². The van der Waals surface area contributed by atoms with E-state index >= 15 is 0 Å². The summed E-state index contributed by atoms with van der Waals surface area (Å²) >= 11 is 0. The molecule has 0 aromatic rings. The third kappa shape index (κ3) is 173. The second-order valence-electron chi connectivity index (χ2n) is 27.4. The van der Waals surface area contributed by atoms with Crippen LogP contribution in [0.2, 0.25) is 6.82 Å². The van der Waals surface area contributed by atoms with Crippen LogP contribution in [0.25, 0.3) is 0 Å². The van der Waals surface area contributed by atoms with Crippen LogP contribution in [0.5, 0.6) is 0 Å². The molecule has 0 rings (SSSR count). The molecular weight excluding hydrogens is 1290 g/mol. The lowest BCUT2D eigenvalue weighted by Gasteiger charge is -2.03. The summed E-state index contributed by atoms with van der Waals surface area (Å²) in [7, 11) is -0.380. The molecule has 4 amide bonds. The van der Waals surface area contributed by atoms with Gasteiger partial charge in [-0.15, -0.1) is 32.9 Å². The number of nitrogens with one attached hydrogen (secondary N) is 5. The van der Waals surface area contributed by atoms with Crippen LogP contribution in [0, 0.1) is 0 Å². The lowest BCUT2D eigenvalue weighted by molar-refractivity contribution is -0.121. The van der Waals surface area contributed by atoms with E-state index in [4.69, 9.17) is 5.02 Å². The Kier molecular flexibility index (Phi) is 142. The van der Waals surface area contributed by atoms with E-state index in [0.717, 1.165) is 174 Å². The highest BCUT2D eigenvalue weighted by Gasteiger charge is 2.02. The van der Waals surface area contributed by atoms with Crippen molar-refractivity contribution in [2.45, 2.75) is 444 Å². The lowest BCUT2D eigenvalue weighted by atomic mass is 9.89. The highest BCUT2D eigenvalue weighted by molar-refractivity contribution is 6.45. The SMILES string of the molecule is C=CCCCCC(=O)CCC.C=CCCCCCCC.C=CCCCCCCNC(=O)CCC.C=CCCCCCCNC(C)=O.C=CCCCNB(C)O.CCCCCCC(=O)CCC.CCCCCCC(C)=O.CCCCCCCCC.CCCCCCCCNC(C)=O.CCCCNC(C)=O. The van der Waals surface area contributed by atoms with E-state index in [1.165, 1.54) is 200 Å². The Bertz CT molecular complexity index is 1740. The number of unbranched alkanes of at least 4 members (excludes halogenated alkanes) is 34. The predicted octanol–water partition coefficient (Wildman–Crippen LogP) is 25.6. The second-order valence-corrected chi connectivity index (χ2v) is 27.4. The second kappa shape index (κ2) is 122. The van der Waals surface area contributed by atoms with Crippen molar-refractivity contribution >= 4 is 48.0 Å². The molecule has 13 nitrogen and oxygen atoms in total. The fourth-order valence-electron chi connectivity index (χ4n) is 9.40. The first kappa shape index (κ1) is 121. The monoisotopic (exact) mass is 1470 g/mol. The van der Waals surface area contributed by atoms with Crippen molar-refractivity contribution in [1.82, 2.24) is 26.5 Å². The molecule has 0 aromatic heterocycles. The number of allylic oxidation sites excluding steroid dienone is 5. The molecule has 0 heterocycles. The Balaban J connectivity index is -0.000000118. The first-order valence-electron chi connectivity index (χ1n) is 43.1. The third-order valence-electron chi connectivity index (χ3n) is 15.8. The fraction of sp³-hybridized carbons (Fsp3) is 0.811. The average molecular weight is 1470 g/mol. The summed E-state index contributed by atoms with van der Waals surface area (Å²) in [4.78, 5) is 74.6. The first-order chi connectivity index (χ1) is 50.1. The van der Waals surface area contributed by atoms with Crippen molar-refractivity contribution in [2.75, 3.05) is 32.7 Å². The van der Waals surface area contributed by atoms with Gasteiger partial charge in [0.25, 0.3) is 0 Å². The van der Waals surface area contributed by atoms with Crippen molar-refractivity contribution in [1.29, 1.82) is 0 Å². The number of hydrogen-bond acceptors (Lipinski definition) is 9. The number of rotatable bonds is 62. The Morgan fingerprint density at radius 2 is 0.510 bits per heavy atom. The zero-order valence-corrected chi connectivity index (χ0v) is 72.3. The molecule has 0 aliphatic rings. The molecular formula is C90H182BN5O8. The highest BCUT2D eigenvalue weighted by Crippen LogP contribution is 2.10. The Labute approximate surface area is 649 Å². The molecule has 0 aliphatic carbocycles. The standard InChI is InChI=1S/C12H23NO.C10H21NO.C10H19NO.C10H20O.C10H18O.C9H20.C9H18.C8H16O.C6H14BNO.C6H13NO/c1-3-5-6-7-8-9-11-13-12(14)10-4-2;2*1-3-4-5-6-7-8-9-11-10(2)12;2*1-3-5-6-7-9-10(11)8-4-2;2*1-3-5-7-9-8-6-4-2;1-3-4-5-6-7-8(2)9;1-3-4-5-6-8-7(2)9;1-3-4-5-7-6(2)8/h3H,1,4-11H2,2H3,(H,13,14);3-9H2,1-2H3,(H,11,12);3H,1,4-9H2,2H3,(H,11,12);3-9H2,1-2H3;3H,1,4-9H2,2H3;3-9H2,1-2H3;3H,1,4-9H2,2H3;3-7H2,1-2H3;3,8-9H,1,4-6H2,2H3;3-5H2,1-2H3,(H,7,8). The molecule has 0 saturated heterocycles. The van der Waals surface area contributed by atoms with Crippen LogP contribution in [-0.4, -0.2) is 85.8 Å². The van der Waals surface area contributed by atoms with Crippen LogP contribution in [0.15, 0.2) is 63.3 Å². The maximum absolute atomic E-state index is 11.1. The summed E-state index contributed by atoms with van der Waals surface area (Å²) in [5.41, 5.74) is 0. The number of amides is 4. The first-order valence-corrected chi connectivity index (χ1v) is 43.1. The topological polar surface area (TPSA) is 200 Å². The summed E-state index contributed by atoms with van der Waals surface area (Å²) < 4.78 is 0. The van der Waals surface area contributed by atoms with E-state index in [9.17, 15) is 33.6 Å². The van der Waals surface area contributed by atoms with Gasteiger partial charge in [0, 0.05) is 85.5 Å². The summed E-state index contributed by atoms with van der Waals surface area (Å²) in [6.45, 7) is 52.0. The number of Topliss-reactive ketones (excluding diaryl/α,β-unsaturated/α-hetero) is 3. The Hall–Kier alpha value is -4.43. The predicted molar refractivity (Wildman–Crippen MR) is 464 cm³/mol. The maximum Gasteiger partial charge on any atom is 0.373 e. The van der Waals surface area contributed by atoms with E-state index in [1.54, 1.807) is 27.6 Å². The van der Waals surface area contributed by atoms with E-state index in [-0.39, 0.29) is 30.7 Å². The average Bonchev–Trinajstić information content (AvgIpc) is 3.84. The minimum absolute atomic E-state index is 0.0680. The molecule has 104 heavy (non-hydrogen) atoms. The zero-order valence-electron chi connectivity index (χ0n) is 72.3. The van der Waals surface area contributed by atoms with E-state index in [2.05, 4.69) is 115 Å². The normalized spacial score (nSPS) is 9.58. The van der Waals surface area contributed by atoms with E-state index in [1.807, 2.05) is 44.2 Å². The van der Waals surface area contributed by atoms with E-state index in [0.29, 0.717) is 23.8 Å². The van der Waals surface area contributed by atoms with Crippen LogP contribution in [-0.2, 0) is 33.6 Å². The summed E-state index contributed by atoms with van der Waals surface area (Å²) in [5, 5.41) is 22.8. The number of carbonyl (C=O) groups is 7. The molecule has 0 fully saturated rings. The van der Waals surface area contributed by atoms with Crippen molar-refractivity contribution in [3.63, 3.8) is 0 Å². The van der Waals surface area contributed by atoms with Crippen LogP contribution in [0.4, 0.5) is 0 Å². The fourth-order valence-corrected chi connectivity index (χ4v) is 9.40. The highest BCUT2D eigenvalue weighted by atomic mass is 16.2.